The predicted molar refractivity (Wildman–Crippen MR) is 53.9 cm³/mol. The Morgan fingerprint density at radius 1 is 1.21 bits per heavy atom. The smallest absolute Gasteiger partial charge is 0.118 e. The van der Waals surface area contributed by atoms with Gasteiger partial charge < -0.3 is 5.11 Å². The van der Waals surface area contributed by atoms with E-state index < -0.39 is 0 Å². The van der Waals surface area contributed by atoms with Crippen LogP contribution in [0.2, 0.25) is 0 Å². The van der Waals surface area contributed by atoms with Crippen molar-refractivity contribution in [1.82, 2.24) is 9.97 Å². The molecule has 1 aromatic heterocycles. The largest absolute Gasteiger partial charge is 0.508 e. The van der Waals surface area contributed by atoms with E-state index in [1.54, 1.807) is 12.3 Å². The summed E-state index contributed by atoms with van der Waals surface area (Å²) in [7, 11) is 0. The molecule has 14 heavy (non-hydrogen) atoms. The van der Waals surface area contributed by atoms with Crippen molar-refractivity contribution in [3.05, 3.63) is 42.4 Å². The third kappa shape index (κ3) is 1.57. The highest BCUT2D eigenvalue weighted by molar-refractivity contribution is 5.61. The van der Waals surface area contributed by atoms with Crippen molar-refractivity contribution in [2.45, 2.75) is 6.92 Å². The molecule has 1 aromatic carbocycles. The fraction of sp³-hybridized carbons (Fsp3) is 0.0909. The number of phenols is 1. The molecule has 3 heteroatoms. The fourth-order valence-electron chi connectivity index (χ4n) is 1.28. The molecule has 1 heterocycles. The van der Waals surface area contributed by atoms with Gasteiger partial charge in [-0.3, -0.25) is 0 Å². The van der Waals surface area contributed by atoms with Crippen LogP contribution >= 0.6 is 0 Å². The highest BCUT2D eigenvalue weighted by Crippen LogP contribution is 2.23. The van der Waals surface area contributed by atoms with Gasteiger partial charge in [0, 0.05) is 11.8 Å². The second-order valence-corrected chi connectivity index (χ2v) is 3.10. The van der Waals surface area contributed by atoms with E-state index >= 15 is 0 Å². The van der Waals surface area contributed by atoms with Gasteiger partial charge >= 0.3 is 0 Å². The Hall–Kier alpha value is -1.90. The van der Waals surface area contributed by atoms with Gasteiger partial charge in [0.25, 0.3) is 0 Å². The average molecular weight is 186 g/mol. The van der Waals surface area contributed by atoms with E-state index in [9.17, 15) is 5.11 Å². The molecule has 0 aliphatic rings. The van der Waals surface area contributed by atoms with Gasteiger partial charge in [-0.1, -0.05) is 0 Å². The van der Waals surface area contributed by atoms with E-state index in [2.05, 4.69) is 9.97 Å². The van der Waals surface area contributed by atoms with Crippen LogP contribution in [0.25, 0.3) is 11.3 Å². The van der Waals surface area contributed by atoms with Crippen molar-refractivity contribution in [2.75, 3.05) is 0 Å². The zero-order chi connectivity index (χ0) is 9.97. The van der Waals surface area contributed by atoms with E-state index in [1.165, 1.54) is 6.33 Å². The van der Waals surface area contributed by atoms with Crippen LogP contribution in [0.5, 0.6) is 5.75 Å². The molecule has 0 unspecified atom stereocenters. The summed E-state index contributed by atoms with van der Waals surface area (Å²) in [6, 6.07) is 7.25. The molecule has 0 bridgehead atoms. The molecule has 70 valence electrons. The highest BCUT2D eigenvalue weighted by atomic mass is 16.3. The third-order valence-electron chi connectivity index (χ3n) is 2.07. The van der Waals surface area contributed by atoms with Gasteiger partial charge in [0.15, 0.2) is 0 Å². The Balaban J connectivity index is 2.48. The van der Waals surface area contributed by atoms with E-state index in [4.69, 9.17) is 0 Å². The summed E-state index contributed by atoms with van der Waals surface area (Å²) in [5.74, 6) is 0.308. The number of hydrogen-bond acceptors (Lipinski definition) is 3. The van der Waals surface area contributed by atoms with Crippen molar-refractivity contribution >= 4 is 0 Å². The summed E-state index contributed by atoms with van der Waals surface area (Å²) in [4.78, 5) is 7.98. The molecule has 0 radical (unpaired) electrons. The van der Waals surface area contributed by atoms with Gasteiger partial charge in [0.2, 0.25) is 0 Å². The van der Waals surface area contributed by atoms with Gasteiger partial charge in [-0.25, -0.2) is 9.97 Å². The maximum absolute atomic E-state index is 9.36. The van der Waals surface area contributed by atoms with Crippen LogP contribution in [0.4, 0.5) is 0 Å². The Morgan fingerprint density at radius 3 is 2.71 bits per heavy atom. The molecule has 0 spiro atoms. The fourth-order valence-corrected chi connectivity index (χ4v) is 1.28. The van der Waals surface area contributed by atoms with Crippen LogP contribution in [0.3, 0.4) is 0 Å². The minimum absolute atomic E-state index is 0.308. The summed E-state index contributed by atoms with van der Waals surface area (Å²) < 4.78 is 0. The lowest BCUT2D eigenvalue weighted by molar-refractivity contribution is 0.471. The molecule has 0 aliphatic heterocycles. The predicted octanol–water partition coefficient (Wildman–Crippen LogP) is 2.16. The van der Waals surface area contributed by atoms with Crippen molar-refractivity contribution in [3.8, 4) is 17.0 Å². The number of rotatable bonds is 1. The lowest BCUT2D eigenvalue weighted by Crippen LogP contribution is -1.84. The third-order valence-corrected chi connectivity index (χ3v) is 2.07. The Kier molecular flexibility index (Phi) is 2.14. The Labute approximate surface area is 82.1 Å². The molecule has 0 amide bonds. The lowest BCUT2D eigenvalue weighted by Gasteiger charge is -2.02. The number of aryl methyl sites for hydroxylation is 1. The van der Waals surface area contributed by atoms with Crippen molar-refractivity contribution < 1.29 is 5.11 Å². The van der Waals surface area contributed by atoms with Gasteiger partial charge in [0.05, 0.1) is 5.69 Å². The number of hydrogen-bond donors (Lipinski definition) is 1. The van der Waals surface area contributed by atoms with Crippen LogP contribution < -0.4 is 0 Å². The first-order chi connectivity index (χ1) is 6.77. The Bertz CT molecular complexity index is 440. The topological polar surface area (TPSA) is 46.0 Å². The second kappa shape index (κ2) is 3.46. The second-order valence-electron chi connectivity index (χ2n) is 3.10. The molecular formula is C11H10N2O. The minimum Gasteiger partial charge on any atom is -0.508 e. The first kappa shape index (κ1) is 8.69. The maximum atomic E-state index is 9.36. The molecule has 0 fully saturated rings. The SMILES string of the molecule is Cc1cc(-c2ccncn2)ccc1O. The van der Waals surface area contributed by atoms with Gasteiger partial charge in [-0.15, -0.1) is 0 Å². The number of phenolic OH excluding ortho intramolecular Hbond substituents is 1. The molecular weight excluding hydrogens is 176 g/mol. The van der Waals surface area contributed by atoms with Gasteiger partial charge in [0.1, 0.15) is 12.1 Å². The first-order valence-electron chi connectivity index (χ1n) is 4.33. The first-order valence-corrected chi connectivity index (χ1v) is 4.33. The number of benzene rings is 1. The zero-order valence-corrected chi connectivity index (χ0v) is 7.81. The van der Waals surface area contributed by atoms with Crippen LogP contribution in [-0.4, -0.2) is 15.1 Å². The van der Waals surface area contributed by atoms with Crippen LogP contribution in [0.15, 0.2) is 36.8 Å². The maximum Gasteiger partial charge on any atom is 0.118 e. The van der Waals surface area contributed by atoms with Crippen LogP contribution in [0, 0.1) is 6.92 Å². The summed E-state index contributed by atoms with van der Waals surface area (Å²) in [5.41, 5.74) is 2.70. The van der Waals surface area contributed by atoms with E-state index in [1.807, 2.05) is 25.1 Å². The van der Waals surface area contributed by atoms with Crippen molar-refractivity contribution in [2.24, 2.45) is 0 Å². The van der Waals surface area contributed by atoms with Gasteiger partial charge in [-0.05, 0) is 36.8 Å². The van der Waals surface area contributed by atoms with Crippen LogP contribution in [-0.2, 0) is 0 Å². The summed E-state index contributed by atoms with van der Waals surface area (Å²) in [5, 5.41) is 9.36. The van der Waals surface area contributed by atoms with Crippen LogP contribution in [0.1, 0.15) is 5.56 Å². The summed E-state index contributed by atoms with van der Waals surface area (Å²) >= 11 is 0. The standard InChI is InChI=1S/C11H10N2O/c1-8-6-9(2-3-11(8)14)10-4-5-12-7-13-10/h2-7,14H,1H3. The molecule has 0 aliphatic carbocycles. The Morgan fingerprint density at radius 2 is 2.07 bits per heavy atom. The molecule has 2 aromatic rings. The molecule has 0 atom stereocenters. The zero-order valence-electron chi connectivity index (χ0n) is 7.81. The quantitative estimate of drug-likeness (QED) is 0.742. The normalized spacial score (nSPS) is 10.1. The number of nitrogens with zero attached hydrogens (tertiary/aromatic N) is 2. The molecule has 0 saturated heterocycles. The van der Waals surface area contributed by atoms with E-state index in [0.29, 0.717) is 5.75 Å². The average Bonchev–Trinajstić information content (AvgIpc) is 2.23. The lowest BCUT2D eigenvalue weighted by atomic mass is 10.1. The minimum atomic E-state index is 0.308. The van der Waals surface area contributed by atoms with Crippen molar-refractivity contribution in [3.63, 3.8) is 0 Å². The monoisotopic (exact) mass is 186 g/mol. The van der Waals surface area contributed by atoms with E-state index in [0.717, 1.165) is 16.8 Å². The highest BCUT2D eigenvalue weighted by Gasteiger charge is 2.00. The van der Waals surface area contributed by atoms with Crippen molar-refractivity contribution in [1.29, 1.82) is 0 Å². The molecule has 1 N–H and O–H groups in total. The van der Waals surface area contributed by atoms with E-state index in [-0.39, 0.29) is 0 Å². The summed E-state index contributed by atoms with van der Waals surface area (Å²) in [6.45, 7) is 1.86. The number of aromatic hydroxyl groups is 1. The summed E-state index contributed by atoms with van der Waals surface area (Å²) in [6.07, 6.45) is 3.21. The number of aromatic nitrogens is 2. The molecule has 2 rings (SSSR count). The molecule has 0 saturated carbocycles. The van der Waals surface area contributed by atoms with Gasteiger partial charge in [-0.2, -0.15) is 0 Å². The molecule has 3 nitrogen and oxygen atoms in total.